The molecule has 0 bridgehead atoms. The third-order valence-electron chi connectivity index (χ3n) is 4.93. The number of guanidine groups is 1. The first kappa shape index (κ1) is 20.0. The summed E-state index contributed by atoms with van der Waals surface area (Å²) in [6.07, 6.45) is 0.908. The quantitative estimate of drug-likeness (QED) is 0.611. The van der Waals surface area contributed by atoms with Crippen LogP contribution in [0.1, 0.15) is 53.7 Å². The normalized spacial score (nSPS) is 14.4. The van der Waals surface area contributed by atoms with Crippen molar-refractivity contribution >= 4 is 5.96 Å². The largest absolute Gasteiger partial charge is 0.361 e. The van der Waals surface area contributed by atoms with Gasteiger partial charge in [0.2, 0.25) is 0 Å². The molecule has 0 aliphatic rings. The van der Waals surface area contributed by atoms with Crippen LogP contribution in [-0.2, 0) is 13.5 Å². The highest BCUT2D eigenvalue weighted by atomic mass is 16.5. The van der Waals surface area contributed by atoms with Gasteiger partial charge in [-0.2, -0.15) is 5.10 Å². The van der Waals surface area contributed by atoms with Crippen molar-refractivity contribution in [1.82, 2.24) is 25.6 Å². The molecule has 2 aromatic heterocycles. The van der Waals surface area contributed by atoms with Crippen LogP contribution in [-0.4, -0.2) is 40.5 Å². The molecule has 2 heterocycles. The van der Waals surface area contributed by atoms with E-state index in [-0.39, 0.29) is 12.0 Å². The molecule has 0 aromatic carbocycles. The van der Waals surface area contributed by atoms with Crippen LogP contribution in [0, 0.1) is 27.7 Å². The second-order valence-electron chi connectivity index (χ2n) is 7.11. The van der Waals surface area contributed by atoms with E-state index in [1.807, 2.05) is 25.6 Å². The van der Waals surface area contributed by atoms with Crippen LogP contribution < -0.4 is 10.6 Å². The van der Waals surface area contributed by atoms with Gasteiger partial charge in [-0.1, -0.05) is 12.1 Å². The molecule has 7 nitrogen and oxygen atoms in total. The van der Waals surface area contributed by atoms with E-state index in [2.05, 4.69) is 53.6 Å². The highest BCUT2D eigenvalue weighted by Crippen LogP contribution is 2.22. The van der Waals surface area contributed by atoms with Crippen LogP contribution in [0.4, 0.5) is 0 Å². The molecule has 144 valence electrons. The number of rotatable bonds is 6. The Morgan fingerprint density at radius 1 is 1.19 bits per heavy atom. The van der Waals surface area contributed by atoms with Gasteiger partial charge in [-0.25, -0.2) is 0 Å². The van der Waals surface area contributed by atoms with E-state index < -0.39 is 0 Å². The number of hydrogen-bond donors (Lipinski definition) is 2. The van der Waals surface area contributed by atoms with Gasteiger partial charge in [-0.15, -0.1) is 0 Å². The van der Waals surface area contributed by atoms with E-state index in [4.69, 9.17) is 4.52 Å². The monoisotopic (exact) mass is 360 g/mol. The smallest absolute Gasteiger partial charge is 0.191 e. The second-order valence-corrected chi connectivity index (χ2v) is 7.11. The molecule has 0 saturated heterocycles. The topological polar surface area (TPSA) is 80.3 Å². The number of aromatic nitrogens is 3. The summed E-state index contributed by atoms with van der Waals surface area (Å²) in [4.78, 5) is 4.35. The van der Waals surface area contributed by atoms with Crippen LogP contribution in [0.15, 0.2) is 9.52 Å². The van der Waals surface area contributed by atoms with Gasteiger partial charge in [0.05, 0.1) is 11.4 Å². The van der Waals surface area contributed by atoms with Gasteiger partial charge in [0.1, 0.15) is 5.76 Å². The lowest BCUT2D eigenvalue weighted by Crippen LogP contribution is -2.44. The SMILES string of the molecule is CN=C(NCC(C)c1c(C)noc1C)NC(C)Cc1c(C)nn(C)c1C. The third-order valence-corrected chi connectivity index (χ3v) is 4.93. The fraction of sp³-hybridized carbons (Fsp3) is 0.632. The maximum atomic E-state index is 5.27. The minimum Gasteiger partial charge on any atom is -0.361 e. The second kappa shape index (κ2) is 8.38. The summed E-state index contributed by atoms with van der Waals surface area (Å²) in [6.45, 7) is 13.2. The van der Waals surface area contributed by atoms with Crippen molar-refractivity contribution in [3.63, 3.8) is 0 Å². The van der Waals surface area contributed by atoms with Crippen molar-refractivity contribution in [2.45, 2.75) is 59.9 Å². The Bertz CT molecular complexity index is 754. The van der Waals surface area contributed by atoms with Gasteiger partial charge in [-0.05, 0) is 46.6 Å². The van der Waals surface area contributed by atoms with Crippen LogP contribution in [0.5, 0.6) is 0 Å². The maximum absolute atomic E-state index is 5.27. The van der Waals surface area contributed by atoms with Crippen LogP contribution >= 0.6 is 0 Å². The van der Waals surface area contributed by atoms with Crippen LogP contribution in [0.2, 0.25) is 0 Å². The predicted molar refractivity (Wildman–Crippen MR) is 105 cm³/mol. The molecule has 2 rings (SSSR count). The number of aliphatic imine (C=N–C) groups is 1. The average Bonchev–Trinajstić information content (AvgIpc) is 3.04. The van der Waals surface area contributed by atoms with Crippen molar-refractivity contribution in [3.8, 4) is 0 Å². The summed E-state index contributed by atoms with van der Waals surface area (Å²) in [7, 11) is 3.78. The Morgan fingerprint density at radius 3 is 2.38 bits per heavy atom. The minimum absolute atomic E-state index is 0.247. The van der Waals surface area contributed by atoms with Crippen molar-refractivity contribution in [3.05, 3.63) is 34.0 Å². The zero-order chi connectivity index (χ0) is 19.4. The first-order valence-corrected chi connectivity index (χ1v) is 9.13. The fourth-order valence-corrected chi connectivity index (χ4v) is 3.44. The van der Waals surface area contributed by atoms with E-state index in [0.29, 0.717) is 0 Å². The molecular formula is C19H32N6O. The molecule has 2 N–H and O–H groups in total. The van der Waals surface area contributed by atoms with Gasteiger partial charge in [0.15, 0.2) is 5.96 Å². The van der Waals surface area contributed by atoms with Crippen LogP contribution in [0.3, 0.4) is 0 Å². The van der Waals surface area contributed by atoms with Crippen molar-refractivity contribution in [2.24, 2.45) is 12.0 Å². The van der Waals surface area contributed by atoms with Gasteiger partial charge < -0.3 is 15.2 Å². The van der Waals surface area contributed by atoms with E-state index in [9.17, 15) is 0 Å². The number of nitrogens with zero attached hydrogens (tertiary/aromatic N) is 4. The Morgan fingerprint density at radius 2 is 1.88 bits per heavy atom. The third kappa shape index (κ3) is 4.45. The lowest BCUT2D eigenvalue weighted by atomic mass is 10.00. The summed E-state index contributed by atoms with van der Waals surface area (Å²) in [6, 6.07) is 0.247. The zero-order valence-corrected chi connectivity index (χ0v) is 17.3. The van der Waals surface area contributed by atoms with Crippen LogP contribution in [0.25, 0.3) is 0 Å². The lowest BCUT2D eigenvalue weighted by molar-refractivity contribution is 0.391. The molecule has 2 unspecified atom stereocenters. The first-order valence-electron chi connectivity index (χ1n) is 9.13. The molecule has 0 aliphatic heterocycles. The molecule has 0 fully saturated rings. The molecule has 0 amide bonds. The average molecular weight is 361 g/mol. The number of aryl methyl sites for hydroxylation is 4. The molecule has 0 aliphatic carbocycles. The van der Waals surface area contributed by atoms with Crippen molar-refractivity contribution in [1.29, 1.82) is 0 Å². The number of nitrogens with one attached hydrogen (secondary N) is 2. The Balaban J connectivity index is 1.93. The molecular weight excluding hydrogens is 328 g/mol. The van der Waals surface area contributed by atoms with E-state index in [0.717, 1.165) is 36.1 Å². The van der Waals surface area contributed by atoms with Gasteiger partial charge in [-0.3, -0.25) is 9.67 Å². The van der Waals surface area contributed by atoms with Crippen molar-refractivity contribution in [2.75, 3.05) is 13.6 Å². The highest BCUT2D eigenvalue weighted by molar-refractivity contribution is 5.80. The molecule has 0 saturated carbocycles. The van der Waals surface area contributed by atoms with E-state index >= 15 is 0 Å². The summed E-state index contributed by atoms with van der Waals surface area (Å²) in [5, 5.41) is 15.4. The Labute approximate surface area is 156 Å². The van der Waals surface area contributed by atoms with Gasteiger partial charge >= 0.3 is 0 Å². The summed E-state index contributed by atoms with van der Waals surface area (Å²) < 4.78 is 7.21. The Hall–Kier alpha value is -2.31. The molecule has 2 atom stereocenters. The van der Waals surface area contributed by atoms with Gasteiger partial charge in [0.25, 0.3) is 0 Å². The zero-order valence-electron chi connectivity index (χ0n) is 17.3. The molecule has 2 aromatic rings. The molecule has 7 heteroatoms. The maximum Gasteiger partial charge on any atom is 0.191 e. The summed E-state index contributed by atoms with van der Waals surface area (Å²) in [5.74, 6) is 1.98. The summed E-state index contributed by atoms with van der Waals surface area (Å²) >= 11 is 0. The van der Waals surface area contributed by atoms with E-state index in [1.165, 1.54) is 16.8 Å². The molecule has 0 radical (unpaired) electrons. The lowest BCUT2D eigenvalue weighted by Gasteiger charge is -2.20. The standard InChI is InChI=1S/C19H32N6O/c1-11(18-14(4)24-26-16(18)6)10-21-19(20-7)22-12(2)9-17-13(3)23-25(8)15(17)5/h11-12H,9-10H2,1-8H3,(H2,20,21,22). The molecule has 0 spiro atoms. The Kier molecular flexibility index (Phi) is 6.45. The fourth-order valence-electron chi connectivity index (χ4n) is 3.44. The van der Waals surface area contributed by atoms with Crippen molar-refractivity contribution < 1.29 is 4.52 Å². The highest BCUT2D eigenvalue weighted by Gasteiger charge is 2.18. The van der Waals surface area contributed by atoms with E-state index in [1.54, 1.807) is 7.05 Å². The summed E-state index contributed by atoms with van der Waals surface area (Å²) in [5.41, 5.74) is 5.73. The number of hydrogen-bond acceptors (Lipinski definition) is 4. The molecule has 26 heavy (non-hydrogen) atoms. The van der Waals surface area contributed by atoms with Gasteiger partial charge in [0, 0.05) is 43.9 Å². The minimum atomic E-state index is 0.247. The predicted octanol–water partition coefficient (Wildman–Crippen LogP) is 2.54. The first-order chi connectivity index (χ1) is 12.2.